The van der Waals surface area contributed by atoms with Crippen LogP contribution in [-0.2, 0) is 4.74 Å². The summed E-state index contributed by atoms with van der Waals surface area (Å²) in [5.74, 6) is -0.148. The molecule has 2 rings (SSSR count). The van der Waals surface area contributed by atoms with Gasteiger partial charge in [0.2, 0.25) is 0 Å². The Morgan fingerprint density at radius 2 is 2.33 bits per heavy atom. The normalized spacial score (nSPS) is 18.2. The number of carbonyl (C=O) groups excluding carboxylic acids is 1. The van der Waals surface area contributed by atoms with Gasteiger partial charge in [-0.25, -0.2) is 0 Å². The monoisotopic (exact) mass is 334 g/mol. The van der Waals surface area contributed by atoms with Crippen LogP contribution in [0.3, 0.4) is 0 Å². The number of carbonyl (C=O) groups is 1. The van der Waals surface area contributed by atoms with E-state index in [1.54, 1.807) is 18.2 Å². The van der Waals surface area contributed by atoms with E-state index in [4.69, 9.17) is 10.5 Å². The molecule has 1 aromatic carbocycles. The fourth-order valence-corrected chi connectivity index (χ4v) is 2.23. The van der Waals surface area contributed by atoms with Crippen LogP contribution in [0, 0.1) is 0 Å². The summed E-state index contributed by atoms with van der Waals surface area (Å²) in [6.07, 6.45) is 2.23. The molecule has 3 N–H and O–H groups in total. The molecule has 6 heteroatoms. The van der Waals surface area contributed by atoms with Gasteiger partial charge in [-0.2, -0.15) is 0 Å². The van der Waals surface area contributed by atoms with Crippen molar-refractivity contribution in [3.8, 4) is 0 Å². The van der Waals surface area contributed by atoms with Crippen molar-refractivity contribution in [2.75, 3.05) is 18.9 Å². The van der Waals surface area contributed by atoms with Gasteiger partial charge < -0.3 is 15.8 Å². The zero-order valence-corrected chi connectivity index (χ0v) is 12.2. The van der Waals surface area contributed by atoms with Gasteiger partial charge in [-0.05, 0) is 31.0 Å². The molecule has 0 radical (unpaired) electrons. The Labute approximate surface area is 121 Å². The van der Waals surface area contributed by atoms with Crippen molar-refractivity contribution in [3.05, 3.63) is 28.2 Å². The van der Waals surface area contributed by atoms with Crippen LogP contribution in [-0.4, -0.2) is 25.2 Å². The van der Waals surface area contributed by atoms with E-state index >= 15 is 0 Å². The number of hydrogen-bond acceptors (Lipinski definition) is 3. The number of halogens is 2. The number of benzene rings is 1. The summed E-state index contributed by atoms with van der Waals surface area (Å²) in [6, 6.07) is 5.24. The van der Waals surface area contributed by atoms with Crippen LogP contribution < -0.4 is 11.1 Å². The van der Waals surface area contributed by atoms with E-state index in [1.165, 1.54) is 0 Å². The summed E-state index contributed by atoms with van der Waals surface area (Å²) >= 11 is 3.31. The summed E-state index contributed by atoms with van der Waals surface area (Å²) in [5, 5.41) is 2.84. The average Bonchev–Trinajstić information content (AvgIpc) is 2.78. The number of nitrogens with two attached hydrogens (primary N) is 1. The Hall–Kier alpha value is -0.780. The smallest absolute Gasteiger partial charge is 0.253 e. The van der Waals surface area contributed by atoms with E-state index in [0.29, 0.717) is 17.8 Å². The van der Waals surface area contributed by atoms with Crippen molar-refractivity contribution >= 4 is 39.9 Å². The van der Waals surface area contributed by atoms with Crippen molar-refractivity contribution in [3.63, 3.8) is 0 Å². The molecular weight excluding hydrogens is 320 g/mol. The van der Waals surface area contributed by atoms with E-state index in [9.17, 15) is 4.79 Å². The number of rotatable bonds is 3. The van der Waals surface area contributed by atoms with Crippen LogP contribution in [0.2, 0.25) is 0 Å². The molecule has 1 aliphatic rings. The molecule has 100 valence electrons. The predicted molar refractivity (Wildman–Crippen MR) is 77.1 cm³/mol. The van der Waals surface area contributed by atoms with Gasteiger partial charge in [0, 0.05) is 23.3 Å². The van der Waals surface area contributed by atoms with Crippen LogP contribution in [0.25, 0.3) is 0 Å². The van der Waals surface area contributed by atoms with Crippen LogP contribution in [0.5, 0.6) is 0 Å². The van der Waals surface area contributed by atoms with Gasteiger partial charge in [0.15, 0.2) is 0 Å². The van der Waals surface area contributed by atoms with Crippen molar-refractivity contribution in [1.82, 2.24) is 5.32 Å². The second-order valence-electron chi connectivity index (χ2n) is 4.08. The first-order valence-corrected chi connectivity index (χ1v) is 6.41. The van der Waals surface area contributed by atoms with E-state index in [-0.39, 0.29) is 24.4 Å². The maximum atomic E-state index is 11.9. The quantitative estimate of drug-likeness (QED) is 0.834. The minimum Gasteiger partial charge on any atom is -0.398 e. The molecule has 4 nitrogen and oxygen atoms in total. The van der Waals surface area contributed by atoms with Crippen molar-refractivity contribution < 1.29 is 9.53 Å². The Kier molecular flexibility index (Phi) is 5.91. The Morgan fingerprint density at radius 1 is 1.56 bits per heavy atom. The van der Waals surface area contributed by atoms with Gasteiger partial charge in [-0.15, -0.1) is 12.4 Å². The third-order valence-corrected chi connectivity index (χ3v) is 3.27. The third kappa shape index (κ3) is 3.86. The summed E-state index contributed by atoms with van der Waals surface area (Å²) in [6.45, 7) is 1.34. The fourth-order valence-electron chi connectivity index (χ4n) is 1.85. The first-order valence-electron chi connectivity index (χ1n) is 5.61. The number of hydrogen-bond donors (Lipinski definition) is 2. The van der Waals surface area contributed by atoms with Crippen LogP contribution >= 0.6 is 28.3 Å². The zero-order valence-electron chi connectivity index (χ0n) is 9.82. The first kappa shape index (κ1) is 15.3. The van der Waals surface area contributed by atoms with E-state index in [2.05, 4.69) is 21.2 Å². The standard InChI is InChI=1S/C12H15BrN2O2.ClH/c13-8-3-4-10(11(14)6-8)12(16)15-7-9-2-1-5-17-9;/h3-4,6,9H,1-2,5,7,14H2,(H,15,16);1H. The molecule has 1 aliphatic heterocycles. The summed E-state index contributed by atoms with van der Waals surface area (Å²) in [4.78, 5) is 11.9. The molecule has 18 heavy (non-hydrogen) atoms. The summed E-state index contributed by atoms with van der Waals surface area (Å²) in [5.41, 5.74) is 6.77. The van der Waals surface area contributed by atoms with Crippen LogP contribution in [0.15, 0.2) is 22.7 Å². The minimum absolute atomic E-state index is 0. The molecule has 0 saturated carbocycles. The van der Waals surface area contributed by atoms with Gasteiger partial charge in [-0.1, -0.05) is 15.9 Å². The molecule has 0 spiro atoms. The maximum absolute atomic E-state index is 11.9. The third-order valence-electron chi connectivity index (χ3n) is 2.77. The Morgan fingerprint density at radius 3 is 2.94 bits per heavy atom. The Balaban J connectivity index is 0.00000162. The molecule has 0 aliphatic carbocycles. The van der Waals surface area contributed by atoms with Crippen molar-refractivity contribution in [2.24, 2.45) is 0 Å². The molecule has 1 heterocycles. The lowest BCUT2D eigenvalue weighted by molar-refractivity contribution is 0.0858. The molecule has 1 atom stereocenters. The van der Waals surface area contributed by atoms with Crippen LogP contribution in [0.4, 0.5) is 5.69 Å². The topological polar surface area (TPSA) is 64.4 Å². The molecular formula is C12H16BrClN2O2. The lowest BCUT2D eigenvalue weighted by Gasteiger charge is -2.11. The van der Waals surface area contributed by atoms with E-state index in [1.807, 2.05) is 0 Å². The Bertz CT molecular complexity index is 423. The highest BCUT2D eigenvalue weighted by atomic mass is 79.9. The highest BCUT2D eigenvalue weighted by Crippen LogP contribution is 2.18. The van der Waals surface area contributed by atoms with E-state index in [0.717, 1.165) is 23.9 Å². The number of nitrogen functional groups attached to an aromatic ring is 1. The van der Waals surface area contributed by atoms with Crippen molar-refractivity contribution in [2.45, 2.75) is 18.9 Å². The second-order valence-corrected chi connectivity index (χ2v) is 4.99. The van der Waals surface area contributed by atoms with Gasteiger partial charge in [-0.3, -0.25) is 4.79 Å². The predicted octanol–water partition coefficient (Wildman–Crippen LogP) is 2.36. The molecule has 1 unspecified atom stereocenters. The molecule has 1 aromatic rings. The molecule has 1 amide bonds. The number of nitrogens with one attached hydrogen (secondary N) is 1. The van der Waals surface area contributed by atoms with Crippen LogP contribution in [0.1, 0.15) is 23.2 Å². The number of anilines is 1. The van der Waals surface area contributed by atoms with Gasteiger partial charge >= 0.3 is 0 Å². The lowest BCUT2D eigenvalue weighted by atomic mass is 10.1. The SMILES string of the molecule is Cl.Nc1cc(Br)ccc1C(=O)NCC1CCCO1. The molecule has 0 aromatic heterocycles. The molecule has 1 saturated heterocycles. The largest absolute Gasteiger partial charge is 0.398 e. The molecule has 0 bridgehead atoms. The van der Waals surface area contributed by atoms with E-state index < -0.39 is 0 Å². The minimum atomic E-state index is -0.148. The average molecular weight is 336 g/mol. The first-order chi connectivity index (χ1) is 8.16. The maximum Gasteiger partial charge on any atom is 0.253 e. The summed E-state index contributed by atoms with van der Waals surface area (Å²) < 4.78 is 6.30. The van der Waals surface area contributed by atoms with Crippen molar-refractivity contribution in [1.29, 1.82) is 0 Å². The van der Waals surface area contributed by atoms with Gasteiger partial charge in [0.1, 0.15) is 0 Å². The molecule has 1 fully saturated rings. The zero-order chi connectivity index (χ0) is 12.3. The number of amides is 1. The summed E-state index contributed by atoms with van der Waals surface area (Å²) in [7, 11) is 0. The van der Waals surface area contributed by atoms with Gasteiger partial charge in [0.05, 0.1) is 11.7 Å². The number of ether oxygens (including phenoxy) is 1. The van der Waals surface area contributed by atoms with Gasteiger partial charge in [0.25, 0.3) is 5.91 Å². The fraction of sp³-hybridized carbons (Fsp3) is 0.417. The lowest BCUT2D eigenvalue weighted by Crippen LogP contribution is -2.32. The highest BCUT2D eigenvalue weighted by Gasteiger charge is 2.17. The highest BCUT2D eigenvalue weighted by molar-refractivity contribution is 9.10. The second kappa shape index (κ2) is 6.97.